The third-order valence-electron chi connectivity index (χ3n) is 4.02. The van der Waals surface area contributed by atoms with E-state index in [1.165, 1.54) is 42.0 Å². The molecular weight excluding hydrogens is 258 g/mol. The standard InChI is InChI=1S/C19H27NO/c1-4-6-7-8-19(20-5-2)17-10-9-16-14-18(21-3)12-11-15(16)13-17/h9-14,19-20H,4-8H2,1-3H3. The van der Waals surface area contributed by atoms with Gasteiger partial charge >= 0.3 is 0 Å². The van der Waals surface area contributed by atoms with Crippen molar-refractivity contribution in [3.05, 3.63) is 42.0 Å². The maximum atomic E-state index is 5.29. The van der Waals surface area contributed by atoms with Gasteiger partial charge in [-0.25, -0.2) is 0 Å². The van der Waals surface area contributed by atoms with Crippen LogP contribution in [0.3, 0.4) is 0 Å². The molecule has 0 saturated carbocycles. The molecule has 2 nitrogen and oxygen atoms in total. The fourth-order valence-electron chi connectivity index (χ4n) is 2.82. The van der Waals surface area contributed by atoms with Crippen LogP contribution in [-0.2, 0) is 0 Å². The highest BCUT2D eigenvalue weighted by atomic mass is 16.5. The summed E-state index contributed by atoms with van der Waals surface area (Å²) in [6.45, 7) is 5.45. The van der Waals surface area contributed by atoms with E-state index in [1.54, 1.807) is 7.11 Å². The van der Waals surface area contributed by atoms with Gasteiger partial charge in [0.05, 0.1) is 7.11 Å². The molecule has 114 valence electrons. The second-order valence-electron chi connectivity index (χ2n) is 5.58. The molecule has 2 rings (SSSR count). The molecule has 0 aliphatic carbocycles. The first-order chi connectivity index (χ1) is 10.3. The van der Waals surface area contributed by atoms with E-state index in [-0.39, 0.29) is 0 Å². The molecule has 2 aromatic rings. The van der Waals surface area contributed by atoms with E-state index in [4.69, 9.17) is 4.74 Å². The van der Waals surface area contributed by atoms with Crippen LogP contribution in [0.1, 0.15) is 51.1 Å². The molecule has 0 aromatic heterocycles. The smallest absolute Gasteiger partial charge is 0.119 e. The Morgan fingerprint density at radius 2 is 1.76 bits per heavy atom. The number of unbranched alkanes of at least 4 members (excludes halogenated alkanes) is 2. The van der Waals surface area contributed by atoms with E-state index in [0.29, 0.717) is 6.04 Å². The lowest BCUT2D eigenvalue weighted by Crippen LogP contribution is -2.20. The Labute approximate surface area is 128 Å². The number of nitrogens with one attached hydrogen (secondary N) is 1. The second kappa shape index (κ2) is 8.04. The van der Waals surface area contributed by atoms with Crippen molar-refractivity contribution in [2.75, 3.05) is 13.7 Å². The fourth-order valence-corrected chi connectivity index (χ4v) is 2.82. The summed E-state index contributed by atoms with van der Waals surface area (Å²) in [4.78, 5) is 0. The molecule has 21 heavy (non-hydrogen) atoms. The Balaban J connectivity index is 2.21. The second-order valence-corrected chi connectivity index (χ2v) is 5.58. The molecule has 0 saturated heterocycles. The van der Waals surface area contributed by atoms with Crippen molar-refractivity contribution in [1.82, 2.24) is 5.32 Å². The van der Waals surface area contributed by atoms with Gasteiger partial charge in [-0.05, 0) is 47.5 Å². The number of methoxy groups -OCH3 is 1. The van der Waals surface area contributed by atoms with Gasteiger partial charge in [-0.2, -0.15) is 0 Å². The average molecular weight is 285 g/mol. The van der Waals surface area contributed by atoms with Crippen molar-refractivity contribution in [1.29, 1.82) is 0 Å². The Bertz CT molecular complexity index is 564. The Morgan fingerprint density at radius 1 is 1.00 bits per heavy atom. The largest absolute Gasteiger partial charge is 0.497 e. The van der Waals surface area contributed by atoms with E-state index >= 15 is 0 Å². The van der Waals surface area contributed by atoms with Crippen molar-refractivity contribution < 1.29 is 4.74 Å². The van der Waals surface area contributed by atoms with Crippen LogP contribution in [0.2, 0.25) is 0 Å². The van der Waals surface area contributed by atoms with E-state index in [9.17, 15) is 0 Å². The summed E-state index contributed by atoms with van der Waals surface area (Å²) >= 11 is 0. The van der Waals surface area contributed by atoms with Crippen LogP contribution in [0.5, 0.6) is 5.75 Å². The lowest BCUT2D eigenvalue weighted by molar-refractivity contribution is 0.415. The minimum absolute atomic E-state index is 0.466. The minimum Gasteiger partial charge on any atom is -0.497 e. The van der Waals surface area contributed by atoms with E-state index in [2.05, 4.69) is 49.5 Å². The average Bonchev–Trinajstić information content (AvgIpc) is 2.53. The first-order valence-electron chi connectivity index (χ1n) is 8.09. The molecule has 0 aliphatic rings. The summed E-state index contributed by atoms with van der Waals surface area (Å²) in [5, 5.41) is 6.14. The van der Waals surface area contributed by atoms with Gasteiger partial charge in [-0.1, -0.05) is 51.3 Å². The normalized spacial score (nSPS) is 12.5. The lowest BCUT2D eigenvalue weighted by atomic mass is 9.97. The fraction of sp³-hybridized carbons (Fsp3) is 0.474. The third kappa shape index (κ3) is 4.21. The monoisotopic (exact) mass is 285 g/mol. The number of rotatable bonds is 8. The van der Waals surface area contributed by atoms with Crippen LogP contribution < -0.4 is 10.1 Å². The first kappa shape index (κ1) is 15.8. The van der Waals surface area contributed by atoms with Crippen LogP contribution in [0, 0.1) is 0 Å². The number of fused-ring (bicyclic) bond motifs is 1. The maximum absolute atomic E-state index is 5.29. The van der Waals surface area contributed by atoms with Gasteiger partial charge in [0.2, 0.25) is 0 Å². The Kier molecular flexibility index (Phi) is 6.06. The van der Waals surface area contributed by atoms with Crippen molar-refractivity contribution in [2.45, 2.75) is 45.6 Å². The van der Waals surface area contributed by atoms with Gasteiger partial charge in [0, 0.05) is 6.04 Å². The highest BCUT2D eigenvalue weighted by Crippen LogP contribution is 2.26. The molecule has 0 aliphatic heterocycles. The SMILES string of the molecule is CCCCCC(NCC)c1ccc2cc(OC)ccc2c1. The van der Waals surface area contributed by atoms with Crippen LogP contribution in [0.4, 0.5) is 0 Å². The zero-order valence-corrected chi connectivity index (χ0v) is 13.5. The van der Waals surface area contributed by atoms with Gasteiger partial charge in [0.1, 0.15) is 5.75 Å². The van der Waals surface area contributed by atoms with Gasteiger partial charge in [0.15, 0.2) is 0 Å². The van der Waals surface area contributed by atoms with E-state index in [1.807, 2.05) is 6.07 Å². The van der Waals surface area contributed by atoms with Crippen molar-refractivity contribution in [3.8, 4) is 5.75 Å². The molecule has 0 bridgehead atoms. The molecule has 0 amide bonds. The number of ether oxygens (including phenoxy) is 1. The molecule has 1 N–H and O–H groups in total. The van der Waals surface area contributed by atoms with Gasteiger partial charge in [0.25, 0.3) is 0 Å². The van der Waals surface area contributed by atoms with Crippen molar-refractivity contribution in [3.63, 3.8) is 0 Å². The van der Waals surface area contributed by atoms with Crippen LogP contribution in [0.25, 0.3) is 10.8 Å². The van der Waals surface area contributed by atoms with Crippen molar-refractivity contribution in [2.24, 2.45) is 0 Å². The van der Waals surface area contributed by atoms with Gasteiger partial charge < -0.3 is 10.1 Å². The zero-order chi connectivity index (χ0) is 15.1. The highest BCUT2D eigenvalue weighted by Gasteiger charge is 2.10. The van der Waals surface area contributed by atoms with Gasteiger partial charge in [-0.3, -0.25) is 0 Å². The van der Waals surface area contributed by atoms with Crippen molar-refractivity contribution >= 4 is 10.8 Å². The molecule has 0 spiro atoms. The number of benzene rings is 2. The highest BCUT2D eigenvalue weighted by molar-refractivity contribution is 5.84. The molecule has 2 aromatic carbocycles. The maximum Gasteiger partial charge on any atom is 0.119 e. The Hall–Kier alpha value is -1.54. The predicted molar refractivity (Wildman–Crippen MR) is 91.1 cm³/mol. The summed E-state index contributed by atoms with van der Waals surface area (Å²) in [6.07, 6.45) is 5.08. The van der Waals surface area contributed by atoms with E-state index < -0.39 is 0 Å². The summed E-state index contributed by atoms with van der Waals surface area (Å²) in [7, 11) is 1.71. The van der Waals surface area contributed by atoms with Crippen LogP contribution in [0.15, 0.2) is 36.4 Å². The van der Waals surface area contributed by atoms with Gasteiger partial charge in [-0.15, -0.1) is 0 Å². The van der Waals surface area contributed by atoms with Crippen LogP contribution in [-0.4, -0.2) is 13.7 Å². The molecule has 2 heteroatoms. The molecule has 1 unspecified atom stereocenters. The molecule has 0 radical (unpaired) electrons. The third-order valence-corrected chi connectivity index (χ3v) is 4.02. The number of hydrogen-bond donors (Lipinski definition) is 1. The van der Waals surface area contributed by atoms with E-state index in [0.717, 1.165) is 12.3 Å². The van der Waals surface area contributed by atoms with Crippen LogP contribution >= 0.6 is 0 Å². The first-order valence-corrected chi connectivity index (χ1v) is 8.09. The Morgan fingerprint density at radius 3 is 2.48 bits per heavy atom. The molecule has 1 atom stereocenters. The zero-order valence-electron chi connectivity index (χ0n) is 13.5. The minimum atomic E-state index is 0.466. The molecule has 0 heterocycles. The lowest BCUT2D eigenvalue weighted by Gasteiger charge is -2.19. The summed E-state index contributed by atoms with van der Waals surface area (Å²) in [5.41, 5.74) is 1.39. The molecule has 0 fully saturated rings. The number of hydrogen-bond acceptors (Lipinski definition) is 2. The topological polar surface area (TPSA) is 21.3 Å². The quantitative estimate of drug-likeness (QED) is 0.683. The summed E-state index contributed by atoms with van der Waals surface area (Å²) in [6, 6.07) is 13.5. The summed E-state index contributed by atoms with van der Waals surface area (Å²) in [5.74, 6) is 0.918. The molecular formula is C19H27NO. The summed E-state index contributed by atoms with van der Waals surface area (Å²) < 4.78 is 5.29. The predicted octanol–water partition coefficient (Wildman–Crippen LogP) is 5.08.